The first kappa shape index (κ1) is 16.7. The van der Waals surface area contributed by atoms with Gasteiger partial charge in [-0.15, -0.1) is 12.4 Å². The molecule has 8 heteroatoms. The van der Waals surface area contributed by atoms with Gasteiger partial charge in [-0.25, -0.2) is 0 Å². The number of nitrogens with two attached hydrogens (primary N) is 1. The summed E-state index contributed by atoms with van der Waals surface area (Å²) in [7, 11) is 1.19. The highest BCUT2D eigenvalue weighted by molar-refractivity contribution is 5.85. The van der Waals surface area contributed by atoms with Crippen molar-refractivity contribution in [3.63, 3.8) is 0 Å². The van der Waals surface area contributed by atoms with Gasteiger partial charge in [0.1, 0.15) is 11.7 Å². The zero-order valence-corrected chi connectivity index (χ0v) is 10.2. The van der Waals surface area contributed by atoms with E-state index in [-0.39, 0.29) is 18.8 Å². The number of carbonyl (C=O) groups is 1. The van der Waals surface area contributed by atoms with Gasteiger partial charge in [-0.3, -0.25) is 9.78 Å². The minimum absolute atomic E-state index is 0. The molecule has 0 saturated heterocycles. The van der Waals surface area contributed by atoms with Gasteiger partial charge in [0, 0.05) is 6.20 Å². The predicted molar refractivity (Wildman–Crippen MR) is 60.2 cm³/mol. The van der Waals surface area contributed by atoms with Crippen molar-refractivity contribution in [1.82, 2.24) is 4.98 Å². The standard InChI is InChI=1S/C10H11F3N2O2.ClH/c1-17-9(16)7(14)4-6-2-3-8(15-5-6)10(11,12)13;/h2-3,5,7H,4,14H2,1H3;1H/t7-;/m0./s1. The molecule has 102 valence electrons. The van der Waals surface area contributed by atoms with E-state index in [1.165, 1.54) is 13.2 Å². The van der Waals surface area contributed by atoms with Crippen molar-refractivity contribution in [2.45, 2.75) is 18.6 Å². The highest BCUT2D eigenvalue weighted by Gasteiger charge is 2.32. The number of methoxy groups -OCH3 is 1. The molecule has 4 nitrogen and oxygen atoms in total. The van der Waals surface area contributed by atoms with Crippen molar-refractivity contribution in [1.29, 1.82) is 0 Å². The van der Waals surface area contributed by atoms with Gasteiger partial charge >= 0.3 is 12.1 Å². The van der Waals surface area contributed by atoms with Crippen LogP contribution in [0.5, 0.6) is 0 Å². The summed E-state index contributed by atoms with van der Waals surface area (Å²) < 4.78 is 41.0. The topological polar surface area (TPSA) is 65.2 Å². The molecule has 2 N–H and O–H groups in total. The van der Waals surface area contributed by atoms with Gasteiger partial charge in [0.15, 0.2) is 0 Å². The summed E-state index contributed by atoms with van der Waals surface area (Å²) in [6, 6.07) is 1.18. The molecule has 1 heterocycles. The summed E-state index contributed by atoms with van der Waals surface area (Å²) in [4.78, 5) is 14.3. The van der Waals surface area contributed by atoms with E-state index in [2.05, 4.69) is 9.72 Å². The molecular formula is C10H12ClF3N2O2. The molecule has 0 aliphatic heterocycles. The lowest BCUT2D eigenvalue weighted by molar-refractivity contribution is -0.142. The van der Waals surface area contributed by atoms with Gasteiger partial charge in [-0.1, -0.05) is 6.07 Å². The largest absolute Gasteiger partial charge is 0.468 e. The third kappa shape index (κ3) is 4.50. The van der Waals surface area contributed by atoms with Crippen LogP contribution in [0.3, 0.4) is 0 Å². The molecule has 1 aromatic heterocycles. The zero-order chi connectivity index (χ0) is 13.1. The summed E-state index contributed by atoms with van der Waals surface area (Å²) in [6.45, 7) is 0. The first-order valence-corrected chi connectivity index (χ1v) is 4.70. The smallest absolute Gasteiger partial charge is 0.433 e. The Bertz CT molecular complexity index is 395. The molecule has 1 aromatic rings. The first-order valence-electron chi connectivity index (χ1n) is 4.70. The molecule has 0 unspecified atom stereocenters. The lowest BCUT2D eigenvalue weighted by atomic mass is 10.1. The van der Waals surface area contributed by atoms with Gasteiger partial charge in [0.25, 0.3) is 0 Å². The normalized spacial score (nSPS) is 12.5. The van der Waals surface area contributed by atoms with Crippen LogP contribution in [0.1, 0.15) is 11.3 Å². The number of carbonyl (C=O) groups excluding carboxylic acids is 1. The Kier molecular flexibility index (Phi) is 6.07. The molecule has 0 bridgehead atoms. The van der Waals surface area contributed by atoms with E-state index in [0.29, 0.717) is 5.56 Å². The minimum atomic E-state index is -4.47. The average molecular weight is 285 g/mol. The summed E-state index contributed by atoms with van der Waals surface area (Å²) >= 11 is 0. The highest BCUT2D eigenvalue weighted by Crippen LogP contribution is 2.27. The molecule has 1 atom stereocenters. The van der Waals surface area contributed by atoms with Crippen molar-refractivity contribution >= 4 is 18.4 Å². The summed E-state index contributed by atoms with van der Waals surface area (Å²) in [5.74, 6) is -0.620. The van der Waals surface area contributed by atoms with E-state index in [4.69, 9.17) is 5.73 Å². The van der Waals surface area contributed by atoms with E-state index < -0.39 is 23.9 Å². The highest BCUT2D eigenvalue weighted by atomic mass is 35.5. The lowest BCUT2D eigenvalue weighted by Gasteiger charge is -2.10. The number of ether oxygens (including phenoxy) is 1. The van der Waals surface area contributed by atoms with E-state index in [0.717, 1.165) is 12.3 Å². The molecule has 0 radical (unpaired) electrons. The number of rotatable bonds is 3. The number of halogens is 4. The van der Waals surface area contributed by atoms with E-state index in [9.17, 15) is 18.0 Å². The molecule has 0 aromatic carbocycles. The Balaban J connectivity index is 0.00000289. The molecule has 0 aliphatic rings. The van der Waals surface area contributed by atoms with Crippen molar-refractivity contribution in [3.8, 4) is 0 Å². The van der Waals surface area contributed by atoms with Crippen molar-refractivity contribution in [2.24, 2.45) is 5.73 Å². The van der Waals surface area contributed by atoms with E-state index >= 15 is 0 Å². The molecule has 0 aliphatic carbocycles. The first-order chi connectivity index (χ1) is 7.84. The van der Waals surface area contributed by atoms with Crippen molar-refractivity contribution in [2.75, 3.05) is 7.11 Å². The molecule has 0 spiro atoms. The van der Waals surface area contributed by atoms with Crippen molar-refractivity contribution in [3.05, 3.63) is 29.6 Å². The minimum Gasteiger partial charge on any atom is -0.468 e. The maximum Gasteiger partial charge on any atom is 0.433 e. The Hall–Kier alpha value is -1.34. The van der Waals surface area contributed by atoms with Crippen LogP contribution in [0, 0.1) is 0 Å². The number of hydrogen-bond acceptors (Lipinski definition) is 4. The molecule has 1 rings (SSSR count). The van der Waals surface area contributed by atoms with E-state index in [1.807, 2.05) is 0 Å². The molecule has 0 saturated carbocycles. The average Bonchev–Trinajstić information content (AvgIpc) is 2.27. The van der Waals surface area contributed by atoms with Crippen LogP contribution in [0.25, 0.3) is 0 Å². The maximum atomic E-state index is 12.2. The van der Waals surface area contributed by atoms with Crippen LogP contribution in [0.15, 0.2) is 18.3 Å². The summed E-state index contributed by atoms with van der Waals surface area (Å²) in [6.07, 6.45) is -3.34. The molecular weight excluding hydrogens is 273 g/mol. The van der Waals surface area contributed by atoms with Gasteiger partial charge in [0.2, 0.25) is 0 Å². The quantitative estimate of drug-likeness (QED) is 0.856. The Morgan fingerprint density at radius 3 is 2.50 bits per heavy atom. The van der Waals surface area contributed by atoms with Gasteiger partial charge in [-0.05, 0) is 18.1 Å². The van der Waals surface area contributed by atoms with Crippen LogP contribution in [0.4, 0.5) is 13.2 Å². The van der Waals surface area contributed by atoms with E-state index in [1.54, 1.807) is 0 Å². The monoisotopic (exact) mass is 284 g/mol. The Labute approximate surface area is 108 Å². The molecule has 18 heavy (non-hydrogen) atoms. The van der Waals surface area contributed by atoms with Crippen LogP contribution >= 0.6 is 12.4 Å². The lowest BCUT2D eigenvalue weighted by Crippen LogP contribution is -2.33. The van der Waals surface area contributed by atoms with Crippen molar-refractivity contribution < 1.29 is 22.7 Å². The third-order valence-electron chi connectivity index (χ3n) is 2.07. The fourth-order valence-corrected chi connectivity index (χ4v) is 1.20. The SMILES string of the molecule is COC(=O)[C@@H](N)Cc1ccc(C(F)(F)F)nc1.Cl. The van der Waals surface area contributed by atoms with Gasteiger partial charge < -0.3 is 10.5 Å². The maximum absolute atomic E-state index is 12.2. The number of hydrogen-bond donors (Lipinski definition) is 1. The Morgan fingerprint density at radius 1 is 1.50 bits per heavy atom. The van der Waals surface area contributed by atoms with Gasteiger partial charge in [-0.2, -0.15) is 13.2 Å². The second-order valence-corrected chi connectivity index (χ2v) is 3.38. The third-order valence-corrected chi connectivity index (χ3v) is 2.07. The van der Waals surface area contributed by atoms with Crippen LogP contribution in [-0.4, -0.2) is 24.1 Å². The number of aromatic nitrogens is 1. The van der Waals surface area contributed by atoms with Crippen LogP contribution < -0.4 is 5.73 Å². The fraction of sp³-hybridized carbons (Fsp3) is 0.400. The summed E-state index contributed by atoms with van der Waals surface area (Å²) in [5.41, 5.74) is 4.92. The fourth-order valence-electron chi connectivity index (χ4n) is 1.20. The van der Waals surface area contributed by atoms with Crippen LogP contribution in [-0.2, 0) is 22.1 Å². The van der Waals surface area contributed by atoms with Crippen LogP contribution in [0.2, 0.25) is 0 Å². The zero-order valence-electron chi connectivity index (χ0n) is 9.40. The summed E-state index contributed by atoms with van der Waals surface area (Å²) in [5, 5.41) is 0. The molecule has 0 amide bonds. The number of alkyl halides is 3. The number of nitrogens with zero attached hydrogens (tertiary/aromatic N) is 1. The Morgan fingerprint density at radius 2 is 2.11 bits per heavy atom. The second-order valence-electron chi connectivity index (χ2n) is 3.38. The number of pyridine rings is 1. The molecule has 0 fully saturated rings. The van der Waals surface area contributed by atoms with Gasteiger partial charge in [0.05, 0.1) is 7.11 Å². The predicted octanol–water partition coefficient (Wildman–Crippen LogP) is 1.56. The second kappa shape index (κ2) is 6.55. The number of esters is 1.